The summed E-state index contributed by atoms with van der Waals surface area (Å²) in [6.45, 7) is 1.19. The second kappa shape index (κ2) is 6.15. The zero-order valence-corrected chi connectivity index (χ0v) is 14.9. The van der Waals surface area contributed by atoms with E-state index in [2.05, 4.69) is 20.1 Å². The molecule has 0 fully saturated rings. The highest BCUT2D eigenvalue weighted by atomic mass is 32.2. The van der Waals surface area contributed by atoms with Crippen molar-refractivity contribution in [2.45, 2.75) is 24.4 Å². The monoisotopic (exact) mass is 428 g/mol. The molecule has 0 aliphatic heterocycles. The normalized spacial score (nSPS) is 13.4. The SMILES string of the molecule is CCS(=O)(=O)c1nc(C(F)(F)F)nn1-c1nc2cc(C(F)(F)F)cnc2n1C. The van der Waals surface area contributed by atoms with Crippen molar-refractivity contribution in [3.05, 3.63) is 23.7 Å². The summed E-state index contributed by atoms with van der Waals surface area (Å²) in [6, 6.07) is 0.640. The summed E-state index contributed by atoms with van der Waals surface area (Å²) in [6.07, 6.45) is -9.23. The van der Waals surface area contributed by atoms with Crippen LogP contribution < -0.4 is 0 Å². The van der Waals surface area contributed by atoms with Crippen LogP contribution in [-0.2, 0) is 29.2 Å². The van der Waals surface area contributed by atoms with Crippen molar-refractivity contribution in [3.63, 3.8) is 0 Å². The molecule has 0 saturated heterocycles. The fraction of sp³-hybridized carbons (Fsp3) is 0.385. The number of hydrogen-bond donors (Lipinski definition) is 0. The Morgan fingerprint density at radius 3 is 2.25 bits per heavy atom. The van der Waals surface area contributed by atoms with Crippen LogP contribution >= 0.6 is 0 Å². The summed E-state index contributed by atoms with van der Waals surface area (Å²) in [5, 5.41) is 2.13. The van der Waals surface area contributed by atoms with Gasteiger partial charge in [0.25, 0.3) is 11.0 Å². The summed E-state index contributed by atoms with van der Waals surface area (Å²) >= 11 is 0. The van der Waals surface area contributed by atoms with Gasteiger partial charge in [-0.25, -0.2) is 18.4 Å². The van der Waals surface area contributed by atoms with Crippen molar-refractivity contribution in [3.8, 4) is 5.95 Å². The minimum absolute atomic E-state index is 0.119. The Kier molecular flexibility index (Phi) is 4.40. The maximum atomic E-state index is 13.0. The summed E-state index contributed by atoms with van der Waals surface area (Å²) < 4.78 is 103. The van der Waals surface area contributed by atoms with Gasteiger partial charge < -0.3 is 0 Å². The molecule has 0 aromatic carbocycles. The Labute approximate surface area is 152 Å². The van der Waals surface area contributed by atoms with Gasteiger partial charge in [0.05, 0.1) is 11.3 Å². The molecule has 0 bridgehead atoms. The summed E-state index contributed by atoms with van der Waals surface area (Å²) in [5.74, 6) is -2.80. The molecule has 0 amide bonds. The fourth-order valence-corrected chi connectivity index (χ4v) is 3.16. The highest BCUT2D eigenvalue weighted by Gasteiger charge is 2.40. The minimum Gasteiger partial charge on any atom is -0.296 e. The Balaban J connectivity index is 2.30. The average Bonchev–Trinajstić information content (AvgIpc) is 3.16. The molecular formula is C13H10F6N6O2S. The standard InChI is InChI=1S/C13H10F6N6O2S/c1-3-28(26,27)11-22-9(13(17,18)19)23-25(11)10-21-7-4-6(12(14,15)16)5-20-8(7)24(10)2/h4-5H,3H2,1-2H3. The first kappa shape index (κ1) is 20.0. The third-order valence-electron chi connectivity index (χ3n) is 3.69. The first-order chi connectivity index (χ1) is 12.8. The molecule has 8 nitrogen and oxygen atoms in total. The van der Waals surface area contributed by atoms with E-state index < -0.39 is 50.4 Å². The van der Waals surface area contributed by atoms with Crippen molar-refractivity contribution in [2.24, 2.45) is 7.05 Å². The van der Waals surface area contributed by atoms with Gasteiger partial charge in [0.15, 0.2) is 5.65 Å². The number of rotatable bonds is 3. The van der Waals surface area contributed by atoms with Gasteiger partial charge in [-0.15, -0.1) is 5.10 Å². The molecule has 0 aliphatic carbocycles. The molecular weight excluding hydrogens is 418 g/mol. The highest BCUT2D eigenvalue weighted by Crippen LogP contribution is 2.32. The maximum absolute atomic E-state index is 13.0. The van der Waals surface area contributed by atoms with Crippen molar-refractivity contribution in [1.82, 2.24) is 29.3 Å². The first-order valence-electron chi connectivity index (χ1n) is 7.42. The first-order valence-corrected chi connectivity index (χ1v) is 9.08. The Hall–Kier alpha value is -2.71. The van der Waals surface area contributed by atoms with Gasteiger partial charge in [0.1, 0.15) is 5.52 Å². The molecule has 28 heavy (non-hydrogen) atoms. The van der Waals surface area contributed by atoms with Crippen molar-refractivity contribution < 1.29 is 34.8 Å². The molecule has 3 rings (SSSR count). The summed E-state index contributed by atoms with van der Waals surface area (Å²) in [7, 11) is -3.03. The average molecular weight is 428 g/mol. The predicted molar refractivity (Wildman–Crippen MR) is 81.2 cm³/mol. The second-order valence-electron chi connectivity index (χ2n) is 5.57. The van der Waals surface area contributed by atoms with E-state index in [1.807, 2.05) is 0 Å². The van der Waals surface area contributed by atoms with Crippen LogP contribution in [0.3, 0.4) is 0 Å². The molecule has 3 heterocycles. The van der Waals surface area contributed by atoms with E-state index in [4.69, 9.17) is 0 Å². The molecule has 0 atom stereocenters. The van der Waals surface area contributed by atoms with Crippen LogP contribution in [0.1, 0.15) is 18.3 Å². The van der Waals surface area contributed by atoms with Crippen molar-refractivity contribution >= 4 is 21.0 Å². The minimum atomic E-state index is -5.05. The topological polar surface area (TPSA) is 95.6 Å². The summed E-state index contributed by atoms with van der Waals surface area (Å²) in [5.41, 5.74) is -1.55. The molecule has 0 N–H and O–H groups in total. The highest BCUT2D eigenvalue weighted by molar-refractivity contribution is 7.91. The predicted octanol–water partition coefficient (Wildman–Crippen LogP) is 2.38. The quantitative estimate of drug-likeness (QED) is 0.595. The number of alkyl halides is 6. The van der Waals surface area contributed by atoms with E-state index in [-0.39, 0.29) is 11.2 Å². The number of nitrogens with zero attached hydrogens (tertiary/aromatic N) is 6. The van der Waals surface area contributed by atoms with Crippen LogP contribution in [0.15, 0.2) is 17.4 Å². The number of pyridine rings is 1. The van der Waals surface area contributed by atoms with Crippen LogP contribution in [0.4, 0.5) is 26.3 Å². The van der Waals surface area contributed by atoms with Gasteiger partial charge >= 0.3 is 12.4 Å². The zero-order valence-electron chi connectivity index (χ0n) is 14.0. The Morgan fingerprint density at radius 2 is 1.71 bits per heavy atom. The smallest absolute Gasteiger partial charge is 0.296 e. The summed E-state index contributed by atoms with van der Waals surface area (Å²) in [4.78, 5) is 10.5. The maximum Gasteiger partial charge on any atom is 0.453 e. The third kappa shape index (κ3) is 3.29. The molecule has 0 saturated carbocycles. The molecule has 0 radical (unpaired) electrons. The lowest BCUT2D eigenvalue weighted by molar-refractivity contribution is -0.145. The van der Waals surface area contributed by atoms with Crippen LogP contribution in [-0.4, -0.2) is 43.5 Å². The number of aryl methyl sites for hydroxylation is 1. The fourth-order valence-electron chi connectivity index (χ4n) is 2.29. The van der Waals surface area contributed by atoms with Crippen molar-refractivity contribution in [2.75, 3.05) is 5.75 Å². The molecule has 3 aromatic heterocycles. The van der Waals surface area contributed by atoms with Crippen LogP contribution in [0, 0.1) is 0 Å². The van der Waals surface area contributed by atoms with Crippen LogP contribution in [0.2, 0.25) is 0 Å². The van der Waals surface area contributed by atoms with E-state index in [1.165, 1.54) is 14.0 Å². The van der Waals surface area contributed by atoms with Gasteiger partial charge in [-0.1, -0.05) is 6.92 Å². The van der Waals surface area contributed by atoms with Gasteiger partial charge in [-0.2, -0.15) is 36.0 Å². The number of fused-ring (bicyclic) bond motifs is 1. The zero-order chi connectivity index (χ0) is 21.1. The van der Waals surface area contributed by atoms with Crippen LogP contribution in [0.25, 0.3) is 17.1 Å². The van der Waals surface area contributed by atoms with E-state index >= 15 is 0 Å². The van der Waals surface area contributed by atoms with Crippen molar-refractivity contribution in [1.29, 1.82) is 0 Å². The Morgan fingerprint density at radius 1 is 1.07 bits per heavy atom. The lowest BCUT2D eigenvalue weighted by Gasteiger charge is -2.05. The van der Waals surface area contributed by atoms with E-state index in [1.54, 1.807) is 0 Å². The lowest BCUT2D eigenvalue weighted by Crippen LogP contribution is -2.15. The molecule has 0 spiro atoms. The largest absolute Gasteiger partial charge is 0.453 e. The third-order valence-corrected chi connectivity index (χ3v) is 5.27. The number of aromatic nitrogens is 6. The molecule has 15 heteroatoms. The number of hydrogen-bond acceptors (Lipinski definition) is 6. The number of halogens is 6. The number of sulfone groups is 1. The Bertz CT molecular complexity index is 1160. The second-order valence-corrected chi connectivity index (χ2v) is 7.74. The van der Waals surface area contributed by atoms with E-state index in [0.29, 0.717) is 16.9 Å². The number of imidazole rings is 1. The molecule has 0 aliphatic rings. The van der Waals surface area contributed by atoms with Gasteiger partial charge in [0.2, 0.25) is 15.8 Å². The molecule has 3 aromatic rings. The van der Waals surface area contributed by atoms with Gasteiger partial charge in [-0.3, -0.25) is 4.57 Å². The van der Waals surface area contributed by atoms with Gasteiger partial charge in [-0.05, 0) is 6.07 Å². The molecule has 152 valence electrons. The lowest BCUT2D eigenvalue weighted by atomic mass is 10.2. The molecule has 0 unspecified atom stereocenters. The van der Waals surface area contributed by atoms with E-state index in [0.717, 1.165) is 4.57 Å². The van der Waals surface area contributed by atoms with E-state index in [9.17, 15) is 34.8 Å². The van der Waals surface area contributed by atoms with Crippen LogP contribution in [0.5, 0.6) is 0 Å². The van der Waals surface area contributed by atoms with Gasteiger partial charge in [0, 0.05) is 13.2 Å².